The molecule has 24 heavy (non-hydrogen) atoms. The van der Waals surface area contributed by atoms with Crippen molar-refractivity contribution >= 4 is 31.1 Å². The molecular formula is C15H22N3O5P. The van der Waals surface area contributed by atoms with Crippen LogP contribution in [-0.2, 0) is 18.1 Å². The number of amides is 2. The predicted octanol–water partition coefficient (Wildman–Crippen LogP) is 3.42. The molecule has 0 atom stereocenters. The number of carbonyl (C=O) groups excluding carboxylic acids is 1. The van der Waals surface area contributed by atoms with Crippen LogP contribution in [0.5, 0.6) is 0 Å². The molecule has 0 saturated carbocycles. The molecule has 8 nitrogen and oxygen atoms in total. The minimum absolute atomic E-state index is 0.0398. The van der Waals surface area contributed by atoms with Crippen LogP contribution in [0.2, 0.25) is 0 Å². The molecule has 0 aromatic heterocycles. The first-order valence-corrected chi connectivity index (χ1v) is 9.10. The zero-order chi connectivity index (χ0) is 17.7. The van der Waals surface area contributed by atoms with Crippen molar-refractivity contribution in [3.63, 3.8) is 0 Å². The lowest BCUT2D eigenvalue weighted by Crippen LogP contribution is -2.44. The molecule has 2 amide bonds. The van der Waals surface area contributed by atoms with Crippen molar-refractivity contribution in [1.29, 1.82) is 0 Å². The first-order valence-electron chi connectivity index (χ1n) is 7.64. The molecule has 9 heteroatoms. The summed E-state index contributed by atoms with van der Waals surface area (Å²) in [7, 11) is -0.452. The molecule has 2 rings (SSSR count). The van der Waals surface area contributed by atoms with Gasteiger partial charge in [0.1, 0.15) is 6.54 Å². The van der Waals surface area contributed by atoms with Gasteiger partial charge >= 0.3 is 13.9 Å². The second-order valence-electron chi connectivity index (χ2n) is 5.13. The third-order valence-corrected chi connectivity index (χ3v) is 4.70. The Morgan fingerprint density at radius 1 is 1.25 bits per heavy atom. The van der Waals surface area contributed by atoms with E-state index in [9.17, 15) is 9.36 Å². The molecule has 0 unspecified atom stereocenters. The van der Waals surface area contributed by atoms with Gasteiger partial charge in [-0.2, -0.15) is 0 Å². The highest BCUT2D eigenvalue weighted by Crippen LogP contribution is 2.50. The average Bonchev–Trinajstić information content (AvgIpc) is 2.53. The van der Waals surface area contributed by atoms with E-state index in [4.69, 9.17) is 13.6 Å². The Hall–Kier alpha value is -1.89. The summed E-state index contributed by atoms with van der Waals surface area (Å²) in [5.41, 5.74) is 1.21. The number of phosphoric acid groups is 1. The Labute approximate surface area is 141 Å². The maximum absolute atomic E-state index is 12.5. The number of para-hydroxylation sites is 2. The highest BCUT2D eigenvalue weighted by molar-refractivity contribution is 7.49. The second-order valence-corrected chi connectivity index (χ2v) is 6.72. The van der Waals surface area contributed by atoms with E-state index in [2.05, 4.69) is 4.99 Å². The third-order valence-electron chi connectivity index (χ3n) is 3.12. The molecule has 0 N–H and O–H groups in total. The van der Waals surface area contributed by atoms with Crippen LogP contribution >= 0.6 is 7.82 Å². The highest BCUT2D eigenvalue weighted by Gasteiger charge is 2.33. The van der Waals surface area contributed by atoms with Crippen LogP contribution in [0.25, 0.3) is 0 Å². The molecular weight excluding hydrogens is 333 g/mol. The number of nitrogens with zero attached hydrogens (tertiary/aromatic N) is 3. The number of phosphoric ester groups is 1. The normalized spacial score (nSPS) is 14.0. The van der Waals surface area contributed by atoms with Crippen LogP contribution in [0.1, 0.15) is 13.8 Å². The fourth-order valence-corrected chi connectivity index (χ4v) is 3.34. The molecule has 0 radical (unpaired) electrons. The molecule has 1 aromatic carbocycles. The summed E-state index contributed by atoms with van der Waals surface area (Å²) < 4.78 is 28.2. The van der Waals surface area contributed by atoms with Gasteiger partial charge in [-0.1, -0.05) is 12.1 Å². The maximum Gasteiger partial charge on any atom is 0.531 e. The molecule has 0 saturated heterocycles. The number of rotatable bonds is 5. The zero-order valence-electron chi connectivity index (χ0n) is 14.3. The van der Waals surface area contributed by atoms with E-state index in [1.807, 2.05) is 6.07 Å². The van der Waals surface area contributed by atoms with Gasteiger partial charge in [0.2, 0.25) is 5.90 Å². The summed E-state index contributed by atoms with van der Waals surface area (Å²) in [5, 5.41) is 0. The first-order chi connectivity index (χ1) is 11.4. The van der Waals surface area contributed by atoms with Crippen LogP contribution in [0.3, 0.4) is 0 Å². The van der Waals surface area contributed by atoms with Gasteiger partial charge in [0.05, 0.1) is 24.6 Å². The van der Waals surface area contributed by atoms with E-state index < -0.39 is 7.82 Å². The Bertz CT molecular complexity index is 667. The number of aliphatic imine (C=N–C) groups is 1. The van der Waals surface area contributed by atoms with Crippen molar-refractivity contribution in [2.75, 3.05) is 38.8 Å². The van der Waals surface area contributed by atoms with Crippen LogP contribution in [0, 0.1) is 0 Å². The number of anilines is 1. The first kappa shape index (κ1) is 18.4. The number of carbonyl (C=O) groups is 1. The lowest BCUT2D eigenvalue weighted by atomic mass is 10.2. The fraction of sp³-hybridized carbons (Fsp3) is 0.467. The summed E-state index contributed by atoms with van der Waals surface area (Å²) in [6, 6.07) is 6.93. The minimum Gasteiger partial charge on any atom is -0.388 e. The molecule has 0 fully saturated rings. The van der Waals surface area contributed by atoms with Gasteiger partial charge in [-0.15, -0.1) is 0 Å². The van der Waals surface area contributed by atoms with E-state index in [0.717, 1.165) is 0 Å². The van der Waals surface area contributed by atoms with Crippen molar-refractivity contribution in [2.45, 2.75) is 13.8 Å². The van der Waals surface area contributed by atoms with Crippen LogP contribution < -0.4 is 4.90 Å². The maximum atomic E-state index is 12.5. The van der Waals surface area contributed by atoms with Crippen molar-refractivity contribution in [2.24, 2.45) is 4.99 Å². The highest BCUT2D eigenvalue weighted by atomic mass is 31.2. The number of fused-ring (bicyclic) bond motifs is 1. The summed E-state index contributed by atoms with van der Waals surface area (Å²) in [4.78, 5) is 19.7. The number of urea groups is 1. The minimum atomic E-state index is -3.76. The molecule has 132 valence electrons. The summed E-state index contributed by atoms with van der Waals surface area (Å²) in [6.45, 7) is 3.75. The van der Waals surface area contributed by atoms with Gasteiger partial charge < -0.3 is 9.42 Å². The summed E-state index contributed by atoms with van der Waals surface area (Å²) in [5.74, 6) is 0.106. The molecule has 0 bridgehead atoms. The van der Waals surface area contributed by atoms with Gasteiger partial charge in [-0.3, -0.25) is 13.9 Å². The van der Waals surface area contributed by atoms with E-state index in [1.165, 1.54) is 9.80 Å². The lowest BCUT2D eigenvalue weighted by Gasteiger charge is -2.31. The van der Waals surface area contributed by atoms with Crippen molar-refractivity contribution in [3.05, 3.63) is 24.3 Å². The number of hydrogen-bond donors (Lipinski definition) is 0. The average molecular weight is 355 g/mol. The zero-order valence-corrected chi connectivity index (χ0v) is 15.2. The predicted molar refractivity (Wildman–Crippen MR) is 91.9 cm³/mol. The van der Waals surface area contributed by atoms with E-state index in [0.29, 0.717) is 11.4 Å². The molecule has 1 aromatic rings. The molecule has 0 spiro atoms. The van der Waals surface area contributed by atoms with Crippen LogP contribution in [0.15, 0.2) is 29.3 Å². The summed E-state index contributed by atoms with van der Waals surface area (Å²) in [6.07, 6.45) is 0. The van der Waals surface area contributed by atoms with Crippen LogP contribution in [0.4, 0.5) is 16.2 Å². The second kappa shape index (κ2) is 7.79. The van der Waals surface area contributed by atoms with E-state index in [1.54, 1.807) is 46.1 Å². The Morgan fingerprint density at radius 3 is 2.46 bits per heavy atom. The number of hydrogen-bond acceptors (Lipinski definition) is 6. The monoisotopic (exact) mass is 355 g/mol. The standard InChI is InChI=1S/C15H22N3O5P/c1-5-21-24(20,22-6-2)23-14-11-18(15(19)17(3)4)13-10-8-7-9-12(13)16-14/h7-10H,5-6,11H2,1-4H3. The lowest BCUT2D eigenvalue weighted by molar-refractivity contribution is 0.163. The quantitative estimate of drug-likeness (QED) is 0.756. The van der Waals surface area contributed by atoms with Gasteiger partial charge in [0.15, 0.2) is 0 Å². The third kappa shape index (κ3) is 4.14. The molecule has 1 aliphatic rings. The molecule has 1 heterocycles. The van der Waals surface area contributed by atoms with Crippen molar-refractivity contribution < 1.29 is 22.9 Å². The Kier molecular flexibility index (Phi) is 5.99. The largest absolute Gasteiger partial charge is 0.531 e. The van der Waals surface area contributed by atoms with Gasteiger partial charge in [0, 0.05) is 14.1 Å². The van der Waals surface area contributed by atoms with Gasteiger partial charge in [-0.05, 0) is 26.0 Å². The Balaban J connectivity index is 2.34. The van der Waals surface area contributed by atoms with Crippen LogP contribution in [-0.4, -0.2) is 50.7 Å². The topological polar surface area (TPSA) is 80.7 Å². The fourth-order valence-electron chi connectivity index (χ4n) is 2.17. The van der Waals surface area contributed by atoms with Crippen molar-refractivity contribution in [1.82, 2.24) is 4.90 Å². The van der Waals surface area contributed by atoms with E-state index in [-0.39, 0.29) is 31.7 Å². The molecule has 1 aliphatic heterocycles. The van der Waals surface area contributed by atoms with Crippen molar-refractivity contribution in [3.8, 4) is 0 Å². The molecule has 0 aliphatic carbocycles. The van der Waals surface area contributed by atoms with Gasteiger partial charge in [0.25, 0.3) is 0 Å². The summed E-state index contributed by atoms with van der Waals surface area (Å²) >= 11 is 0. The SMILES string of the molecule is CCOP(=O)(OCC)OC1=Nc2ccccc2N(C(=O)N(C)C)C1. The smallest absolute Gasteiger partial charge is 0.388 e. The number of benzene rings is 1. The van der Waals surface area contributed by atoms with E-state index >= 15 is 0 Å². The van der Waals surface area contributed by atoms with Gasteiger partial charge in [-0.25, -0.2) is 14.4 Å². The Morgan fingerprint density at radius 2 is 1.88 bits per heavy atom.